The highest BCUT2D eigenvalue weighted by Crippen LogP contribution is 2.36. The second-order valence-corrected chi connectivity index (χ2v) is 8.39. The van der Waals surface area contributed by atoms with Gasteiger partial charge in [-0.1, -0.05) is 11.6 Å². The lowest BCUT2D eigenvalue weighted by atomic mass is 9.84. The third-order valence-electron chi connectivity index (χ3n) is 5.04. The number of aryl methyl sites for hydroxylation is 1. The van der Waals surface area contributed by atoms with Crippen molar-refractivity contribution < 1.29 is 13.5 Å². The standard InChI is InChI=1S/C15H24N4O3S/c1-11-17-13(22-18-11)12-5-3-8-19(9-12)14(20)16-10-15(23(2)21)6-4-7-15/h12H,3-10H2,1-2H3,(H,16,20). The lowest BCUT2D eigenvalue weighted by Crippen LogP contribution is -2.54. The highest BCUT2D eigenvalue weighted by atomic mass is 32.2. The molecular formula is C15H24N4O3S. The zero-order valence-corrected chi connectivity index (χ0v) is 14.5. The van der Waals surface area contributed by atoms with Crippen molar-refractivity contribution in [3.05, 3.63) is 11.7 Å². The molecular weight excluding hydrogens is 316 g/mol. The molecule has 1 N–H and O–H groups in total. The van der Waals surface area contributed by atoms with Crippen molar-refractivity contribution in [3.63, 3.8) is 0 Å². The predicted octanol–water partition coefficient (Wildman–Crippen LogP) is 1.57. The number of hydrogen-bond donors (Lipinski definition) is 1. The van der Waals surface area contributed by atoms with Gasteiger partial charge in [-0.25, -0.2) is 4.79 Å². The van der Waals surface area contributed by atoms with Crippen molar-refractivity contribution >= 4 is 16.8 Å². The SMILES string of the molecule is Cc1noc(C2CCCN(C(=O)NCC3(S(C)=O)CCC3)C2)n1. The van der Waals surface area contributed by atoms with Gasteiger partial charge in [-0.15, -0.1) is 0 Å². The monoisotopic (exact) mass is 340 g/mol. The first kappa shape index (κ1) is 16.4. The molecule has 8 heteroatoms. The summed E-state index contributed by atoms with van der Waals surface area (Å²) >= 11 is 0. The molecule has 1 aliphatic carbocycles. The number of amides is 2. The minimum Gasteiger partial charge on any atom is -0.339 e. The van der Waals surface area contributed by atoms with E-state index in [1.807, 2.05) is 0 Å². The maximum Gasteiger partial charge on any atom is 0.317 e. The van der Waals surface area contributed by atoms with Gasteiger partial charge in [0.15, 0.2) is 5.82 Å². The van der Waals surface area contributed by atoms with Gasteiger partial charge in [0.25, 0.3) is 0 Å². The van der Waals surface area contributed by atoms with Gasteiger partial charge >= 0.3 is 6.03 Å². The summed E-state index contributed by atoms with van der Waals surface area (Å²) in [5, 5.41) is 6.81. The van der Waals surface area contributed by atoms with E-state index in [0.29, 0.717) is 24.8 Å². The molecule has 2 aliphatic rings. The van der Waals surface area contributed by atoms with Crippen molar-refractivity contribution in [2.45, 2.75) is 49.7 Å². The molecule has 2 heterocycles. The summed E-state index contributed by atoms with van der Waals surface area (Å²) < 4.78 is 16.9. The molecule has 3 rings (SSSR count). The van der Waals surface area contributed by atoms with E-state index in [1.54, 1.807) is 18.1 Å². The lowest BCUT2D eigenvalue weighted by molar-refractivity contribution is 0.169. The summed E-state index contributed by atoms with van der Waals surface area (Å²) in [5.41, 5.74) is 0. The summed E-state index contributed by atoms with van der Waals surface area (Å²) in [5.74, 6) is 1.35. The summed E-state index contributed by atoms with van der Waals surface area (Å²) in [6.45, 7) is 3.62. The number of nitrogens with one attached hydrogen (secondary N) is 1. The third kappa shape index (κ3) is 3.41. The molecule has 2 unspecified atom stereocenters. The molecule has 7 nitrogen and oxygen atoms in total. The second kappa shape index (κ2) is 6.59. The normalized spacial score (nSPS) is 24.8. The number of piperidine rings is 1. The van der Waals surface area contributed by atoms with E-state index in [9.17, 15) is 9.00 Å². The van der Waals surface area contributed by atoms with Crippen LogP contribution in [0.4, 0.5) is 4.79 Å². The average Bonchev–Trinajstić information content (AvgIpc) is 2.92. The molecule has 2 amide bonds. The van der Waals surface area contributed by atoms with Crippen molar-refractivity contribution in [2.75, 3.05) is 25.9 Å². The van der Waals surface area contributed by atoms with Crippen LogP contribution < -0.4 is 5.32 Å². The molecule has 0 spiro atoms. The van der Waals surface area contributed by atoms with Crippen LogP contribution in [-0.2, 0) is 10.8 Å². The molecule has 0 aromatic carbocycles. The van der Waals surface area contributed by atoms with Crippen LogP contribution in [-0.4, -0.2) is 55.9 Å². The molecule has 0 bridgehead atoms. The minimum atomic E-state index is -0.904. The van der Waals surface area contributed by atoms with Gasteiger partial charge in [-0.05, 0) is 32.6 Å². The van der Waals surface area contributed by atoms with Crippen LogP contribution in [0.1, 0.15) is 49.7 Å². The first-order valence-electron chi connectivity index (χ1n) is 8.17. The van der Waals surface area contributed by atoms with E-state index in [0.717, 1.165) is 38.6 Å². The van der Waals surface area contributed by atoms with Gasteiger partial charge in [-0.3, -0.25) is 4.21 Å². The van der Waals surface area contributed by atoms with E-state index in [4.69, 9.17) is 4.52 Å². The van der Waals surface area contributed by atoms with Crippen molar-refractivity contribution in [3.8, 4) is 0 Å². The topological polar surface area (TPSA) is 88.3 Å². The van der Waals surface area contributed by atoms with Crippen molar-refractivity contribution in [1.82, 2.24) is 20.4 Å². The first-order chi connectivity index (χ1) is 11.0. The Morgan fingerprint density at radius 1 is 1.48 bits per heavy atom. The Kier molecular flexibility index (Phi) is 4.70. The van der Waals surface area contributed by atoms with E-state index in [2.05, 4.69) is 15.5 Å². The lowest BCUT2D eigenvalue weighted by Gasteiger charge is -2.40. The van der Waals surface area contributed by atoms with E-state index in [-0.39, 0.29) is 16.7 Å². The Bertz CT molecular complexity index is 599. The maximum absolute atomic E-state index is 12.4. The molecule has 1 aromatic rings. The van der Waals surface area contributed by atoms with Gasteiger partial charge in [0.2, 0.25) is 5.89 Å². The van der Waals surface area contributed by atoms with Crippen molar-refractivity contribution in [1.29, 1.82) is 0 Å². The Morgan fingerprint density at radius 3 is 2.83 bits per heavy atom. The van der Waals surface area contributed by atoms with Crippen LogP contribution in [0.3, 0.4) is 0 Å². The molecule has 23 heavy (non-hydrogen) atoms. The Morgan fingerprint density at radius 2 is 2.26 bits per heavy atom. The minimum absolute atomic E-state index is 0.0809. The van der Waals surface area contributed by atoms with Crippen LogP contribution in [0.15, 0.2) is 4.52 Å². The van der Waals surface area contributed by atoms with Gasteiger partial charge in [0.05, 0.1) is 10.7 Å². The fourth-order valence-electron chi connectivity index (χ4n) is 3.33. The Hall–Kier alpha value is -1.44. The molecule has 2 atom stereocenters. The Labute approximate surface area is 138 Å². The van der Waals surface area contributed by atoms with Gasteiger partial charge in [-0.2, -0.15) is 4.98 Å². The van der Waals surface area contributed by atoms with Crippen LogP contribution >= 0.6 is 0 Å². The Balaban J connectivity index is 1.56. The number of carbonyl (C=O) groups excluding carboxylic acids is 1. The van der Waals surface area contributed by atoms with Crippen LogP contribution in [0, 0.1) is 6.92 Å². The second-order valence-electron chi connectivity index (χ2n) is 6.61. The maximum atomic E-state index is 12.4. The summed E-state index contributed by atoms with van der Waals surface area (Å²) in [6, 6.07) is -0.0809. The van der Waals surface area contributed by atoms with Crippen LogP contribution in [0.25, 0.3) is 0 Å². The predicted molar refractivity (Wildman–Crippen MR) is 86.6 cm³/mol. The summed E-state index contributed by atoms with van der Waals surface area (Å²) in [6.07, 6.45) is 6.57. The highest BCUT2D eigenvalue weighted by Gasteiger charge is 2.41. The molecule has 1 aromatic heterocycles. The van der Waals surface area contributed by atoms with Gasteiger partial charge < -0.3 is 14.7 Å². The van der Waals surface area contributed by atoms with E-state index >= 15 is 0 Å². The molecule has 0 radical (unpaired) electrons. The highest BCUT2D eigenvalue weighted by molar-refractivity contribution is 7.85. The number of hydrogen-bond acceptors (Lipinski definition) is 5. The third-order valence-corrected chi connectivity index (χ3v) is 6.81. The number of nitrogens with zero attached hydrogens (tertiary/aromatic N) is 3. The molecule has 128 valence electrons. The number of aromatic nitrogens is 2. The number of carbonyl (C=O) groups is 1. The smallest absolute Gasteiger partial charge is 0.317 e. The summed E-state index contributed by atoms with van der Waals surface area (Å²) in [7, 11) is -0.904. The van der Waals surface area contributed by atoms with Gasteiger partial charge in [0.1, 0.15) is 0 Å². The van der Waals surface area contributed by atoms with Crippen molar-refractivity contribution in [2.24, 2.45) is 0 Å². The van der Waals surface area contributed by atoms with Crippen LogP contribution in [0.2, 0.25) is 0 Å². The number of urea groups is 1. The number of rotatable bonds is 4. The quantitative estimate of drug-likeness (QED) is 0.899. The zero-order chi connectivity index (χ0) is 16.4. The van der Waals surface area contributed by atoms with Crippen LogP contribution in [0.5, 0.6) is 0 Å². The van der Waals surface area contributed by atoms with E-state index < -0.39 is 10.8 Å². The molecule has 1 aliphatic heterocycles. The first-order valence-corrected chi connectivity index (χ1v) is 9.72. The molecule has 2 fully saturated rings. The average molecular weight is 340 g/mol. The van der Waals surface area contributed by atoms with E-state index in [1.165, 1.54) is 0 Å². The zero-order valence-electron chi connectivity index (χ0n) is 13.7. The summed E-state index contributed by atoms with van der Waals surface area (Å²) in [4.78, 5) is 18.5. The molecule has 1 saturated heterocycles. The largest absolute Gasteiger partial charge is 0.339 e. The van der Waals surface area contributed by atoms with Gasteiger partial charge in [0, 0.05) is 36.7 Å². The fourth-order valence-corrected chi connectivity index (χ4v) is 4.47. The fraction of sp³-hybridized carbons (Fsp3) is 0.800. The number of likely N-dealkylation sites (tertiary alicyclic amines) is 1. The molecule has 1 saturated carbocycles.